The van der Waals surface area contributed by atoms with Crippen LogP contribution in [0.4, 0.5) is 5.82 Å². The van der Waals surface area contributed by atoms with E-state index < -0.39 is 0 Å². The smallest absolute Gasteiger partial charge is 0.133 e. The van der Waals surface area contributed by atoms with Gasteiger partial charge in [0.15, 0.2) is 0 Å². The summed E-state index contributed by atoms with van der Waals surface area (Å²) >= 11 is 13.9. The molecule has 0 saturated heterocycles. The minimum absolute atomic E-state index is 0.553. The van der Waals surface area contributed by atoms with Crippen LogP contribution in [0.5, 0.6) is 0 Å². The molecule has 1 aliphatic rings. The average molecular weight is 328 g/mol. The van der Waals surface area contributed by atoms with Crippen molar-refractivity contribution in [2.24, 2.45) is 0 Å². The molecular weight excluding hydrogens is 313 g/mol. The van der Waals surface area contributed by atoms with Crippen molar-refractivity contribution in [1.82, 2.24) is 9.78 Å². The number of benzene rings is 1. The van der Waals surface area contributed by atoms with Gasteiger partial charge in [0.25, 0.3) is 0 Å². The molecule has 2 heterocycles. The molecule has 0 radical (unpaired) electrons. The summed E-state index contributed by atoms with van der Waals surface area (Å²) in [5, 5.41) is 9.28. The van der Waals surface area contributed by atoms with Gasteiger partial charge in [-0.2, -0.15) is 16.9 Å². The van der Waals surface area contributed by atoms with Gasteiger partial charge in [-0.25, -0.2) is 4.68 Å². The van der Waals surface area contributed by atoms with Crippen LogP contribution in [0.2, 0.25) is 10.0 Å². The van der Waals surface area contributed by atoms with Crippen molar-refractivity contribution in [3.8, 4) is 5.69 Å². The van der Waals surface area contributed by atoms with E-state index in [9.17, 15) is 0 Å². The number of nitrogens with zero attached hydrogens (tertiary/aromatic N) is 2. The molecule has 20 heavy (non-hydrogen) atoms. The fourth-order valence-electron chi connectivity index (χ4n) is 2.45. The van der Waals surface area contributed by atoms with Crippen molar-refractivity contribution in [3.05, 3.63) is 39.5 Å². The Kier molecular flexibility index (Phi) is 4.15. The molecule has 1 N–H and O–H groups in total. The zero-order valence-electron chi connectivity index (χ0n) is 11.1. The third-order valence-corrected chi connectivity index (χ3v) is 4.78. The zero-order chi connectivity index (χ0) is 14.1. The van der Waals surface area contributed by atoms with Crippen LogP contribution < -0.4 is 5.32 Å². The summed E-state index contributed by atoms with van der Waals surface area (Å²) in [4.78, 5) is 0. The second kappa shape index (κ2) is 5.88. The molecule has 0 bridgehead atoms. The Morgan fingerprint density at radius 3 is 2.95 bits per heavy atom. The van der Waals surface area contributed by atoms with E-state index in [1.54, 1.807) is 0 Å². The quantitative estimate of drug-likeness (QED) is 0.918. The fourth-order valence-corrected chi connectivity index (χ4v) is 3.14. The normalized spacial score (nSPS) is 13.3. The second-order valence-corrected chi connectivity index (χ2v) is 6.50. The van der Waals surface area contributed by atoms with Gasteiger partial charge in [-0.15, -0.1) is 0 Å². The Bertz CT molecular complexity index is 640. The summed E-state index contributed by atoms with van der Waals surface area (Å²) < 4.78 is 1.94. The first-order chi connectivity index (χ1) is 9.70. The Morgan fingerprint density at radius 2 is 2.20 bits per heavy atom. The van der Waals surface area contributed by atoms with Crippen molar-refractivity contribution in [1.29, 1.82) is 0 Å². The van der Waals surface area contributed by atoms with Gasteiger partial charge in [-0.1, -0.05) is 23.2 Å². The van der Waals surface area contributed by atoms with Gasteiger partial charge in [0.1, 0.15) is 5.82 Å². The van der Waals surface area contributed by atoms with Crippen molar-refractivity contribution in [2.75, 3.05) is 23.9 Å². The van der Waals surface area contributed by atoms with E-state index in [0.29, 0.717) is 10.0 Å². The first-order valence-corrected chi connectivity index (χ1v) is 8.64. The van der Waals surface area contributed by atoms with E-state index in [2.05, 4.69) is 11.6 Å². The van der Waals surface area contributed by atoms with Gasteiger partial charge in [-0.3, -0.25) is 0 Å². The molecule has 0 spiro atoms. The largest absolute Gasteiger partial charge is 0.369 e. The van der Waals surface area contributed by atoms with Gasteiger partial charge >= 0.3 is 0 Å². The van der Waals surface area contributed by atoms with Gasteiger partial charge in [0.05, 0.1) is 21.4 Å². The molecule has 1 aliphatic heterocycles. The lowest BCUT2D eigenvalue weighted by Gasteiger charge is -2.07. The van der Waals surface area contributed by atoms with E-state index in [1.807, 2.05) is 34.6 Å². The molecule has 0 atom stereocenters. The SMILES string of the molecule is CSCCc1nn(-c2ccc(Cl)c(Cl)c2)c2c1CCN2. The van der Waals surface area contributed by atoms with Crippen LogP contribution >= 0.6 is 35.0 Å². The zero-order valence-corrected chi connectivity index (χ0v) is 13.4. The lowest BCUT2D eigenvalue weighted by Crippen LogP contribution is -2.05. The Balaban J connectivity index is 2.03. The lowest BCUT2D eigenvalue weighted by molar-refractivity contribution is 0.834. The van der Waals surface area contributed by atoms with Crippen LogP contribution in [-0.2, 0) is 12.8 Å². The minimum Gasteiger partial charge on any atom is -0.369 e. The number of fused-ring (bicyclic) bond motifs is 1. The molecule has 0 aliphatic carbocycles. The molecular formula is C14H15Cl2N3S. The van der Waals surface area contributed by atoms with Gasteiger partial charge in [-0.05, 0) is 36.6 Å². The third-order valence-electron chi connectivity index (χ3n) is 3.42. The predicted octanol–water partition coefficient (Wildman–Crippen LogP) is 4.05. The molecule has 1 aromatic carbocycles. The van der Waals surface area contributed by atoms with Gasteiger partial charge in [0.2, 0.25) is 0 Å². The number of aromatic nitrogens is 2. The first kappa shape index (κ1) is 14.1. The van der Waals surface area contributed by atoms with Crippen molar-refractivity contribution >= 4 is 40.8 Å². The molecule has 0 unspecified atom stereocenters. The highest BCUT2D eigenvalue weighted by Crippen LogP contribution is 2.31. The summed E-state index contributed by atoms with van der Waals surface area (Å²) in [6.45, 7) is 0.973. The molecule has 2 aromatic rings. The summed E-state index contributed by atoms with van der Waals surface area (Å²) in [6.07, 6.45) is 4.16. The predicted molar refractivity (Wildman–Crippen MR) is 87.9 cm³/mol. The number of halogens is 2. The molecule has 3 nitrogen and oxygen atoms in total. The monoisotopic (exact) mass is 327 g/mol. The highest BCUT2D eigenvalue weighted by molar-refractivity contribution is 7.98. The van der Waals surface area contributed by atoms with Crippen LogP contribution in [0.1, 0.15) is 11.3 Å². The van der Waals surface area contributed by atoms with Crippen LogP contribution in [0, 0.1) is 0 Å². The standard InChI is InChI=1S/C14H15Cl2N3S/c1-20-7-5-13-10-4-6-17-14(10)19(18-13)9-2-3-11(15)12(16)8-9/h2-3,8,17H,4-7H2,1H3. The number of aryl methyl sites for hydroxylation is 1. The molecule has 3 rings (SSSR count). The maximum absolute atomic E-state index is 6.11. The minimum atomic E-state index is 0.553. The third kappa shape index (κ3) is 2.52. The number of hydrogen-bond acceptors (Lipinski definition) is 3. The lowest BCUT2D eigenvalue weighted by atomic mass is 10.2. The van der Waals surface area contributed by atoms with E-state index in [1.165, 1.54) is 11.3 Å². The summed E-state index contributed by atoms with van der Waals surface area (Å²) in [6, 6.07) is 5.61. The molecule has 0 saturated carbocycles. The van der Waals surface area contributed by atoms with E-state index >= 15 is 0 Å². The molecule has 1 aromatic heterocycles. The van der Waals surface area contributed by atoms with Crippen LogP contribution in [0.3, 0.4) is 0 Å². The molecule has 0 fully saturated rings. The Morgan fingerprint density at radius 1 is 1.35 bits per heavy atom. The summed E-state index contributed by atoms with van der Waals surface area (Å²) in [7, 11) is 0. The van der Waals surface area contributed by atoms with Crippen LogP contribution in [0.25, 0.3) is 5.69 Å². The molecule has 106 valence electrons. The van der Waals surface area contributed by atoms with E-state index in [-0.39, 0.29) is 0 Å². The van der Waals surface area contributed by atoms with Gasteiger partial charge < -0.3 is 5.32 Å². The van der Waals surface area contributed by atoms with Gasteiger partial charge in [0, 0.05) is 18.5 Å². The average Bonchev–Trinajstić information content (AvgIpc) is 3.02. The number of hydrogen-bond donors (Lipinski definition) is 1. The molecule has 6 heteroatoms. The Hall–Kier alpha value is -0.840. The van der Waals surface area contributed by atoms with E-state index in [4.69, 9.17) is 28.3 Å². The van der Waals surface area contributed by atoms with Crippen molar-refractivity contribution in [3.63, 3.8) is 0 Å². The number of rotatable bonds is 4. The number of nitrogens with one attached hydrogen (secondary N) is 1. The maximum Gasteiger partial charge on any atom is 0.133 e. The van der Waals surface area contributed by atoms with Crippen LogP contribution in [0.15, 0.2) is 18.2 Å². The van der Waals surface area contributed by atoms with E-state index in [0.717, 1.165) is 36.6 Å². The second-order valence-electron chi connectivity index (χ2n) is 4.70. The van der Waals surface area contributed by atoms with Crippen molar-refractivity contribution in [2.45, 2.75) is 12.8 Å². The number of thioether (sulfide) groups is 1. The fraction of sp³-hybridized carbons (Fsp3) is 0.357. The highest BCUT2D eigenvalue weighted by atomic mass is 35.5. The maximum atomic E-state index is 6.11. The summed E-state index contributed by atoms with van der Waals surface area (Å²) in [5.41, 5.74) is 3.47. The first-order valence-electron chi connectivity index (χ1n) is 6.49. The highest BCUT2D eigenvalue weighted by Gasteiger charge is 2.22. The Labute approximate surface area is 132 Å². The van der Waals surface area contributed by atoms with Crippen molar-refractivity contribution < 1.29 is 0 Å². The summed E-state index contributed by atoms with van der Waals surface area (Å²) in [5.74, 6) is 2.18. The number of anilines is 1. The topological polar surface area (TPSA) is 29.9 Å². The molecule has 0 amide bonds. The van der Waals surface area contributed by atoms with Crippen LogP contribution in [-0.4, -0.2) is 28.3 Å².